The summed E-state index contributed by atoms with van der Waals surface area (Å²) in [5.74, 6) is -0.193. The van der Waals surface area contributed by atoms with Crippen molar-refractivity contribution in [3.05, 3.63) is 11.4 Å². The van der Waals surface area contributed by atoms with Crippen molar-refractivity contribution in [2.75, 3.05) is 19.6 Å². The Morgan fingerprint density at radius 3 is 2.73 bits per heavy atom. The Balaban J connectivity index is 2.19. The number of amides is 1. The monoisotopic (exact) mass is 153 g/mol. The van der Waals surface area contributed by atoms with Gasteiger partial charge in [0, 0.05) is 13.1 Å². The average molecular weight is 153 g/mol. The molecule has 0 aromatic carbocycles. The number of hydrogen-bond acceptors (Lipinski definition) is 2. The Morgan fingerprint density at radius 1 is 1.55 bits per heavy atom. The predicted octanol–water partition coefficient (Wildman–Crippen LogP) is 0.0327. The summed E-state index contributed by atoms with van der Waals surface area (Å²) in [4.78, 5) is 13.8. The quantitative estimate of drug-likeness (QED) is 0.568. The maximum Gasteiger partial charge on any atom is 0.314 e. The Hall–Kier alpha value is -1.08. The van der Waals surface area contributed by atoms with E-state index in [0.717, 1.165) is 25.9 Å². The molecule has 1 aliphatic rings. The van der Waals surface area contributed by atoms with Crippen LogP contribution in [-0.2, 0) is 4.79 Å². The van der Waals surface area contributed by atoms with Gasteiger partial charge in [0.25, 0.3) is 6.54 Å². The molecule has 1 saturated heterocycles. The Bertz CT molecular complexity index is 179. The number of nitrogens with zero attached hydrogens (tertiary/aromatic N) is 2. The standard InChI is InChI=1S/C7H11N3O/c1-8-6-7(11)9-10-4-2-3-5-10/h2-6H2,(H,9,11). The van der Waals surface area contributed by atoms with E-state index in [-0.39, 0.29) is 12.5 Å². The molecule has 4 heteroatoms. The summed E-state index contributed by atoms with van der Waals surface area (Å²) in [5.41, 5.74) is 2.66. The van der Waals surface area contributed by atoms with Crippen molar-refractivity contribution in [3.63, 3.8) is 0 Å². The van der Waals surface area contributed by atoms with E-state index in [2.05, 4.69) is 10.3 Å². The molecule has 0 aromatic heterocycles. The predicted molar refractivity (Wildman–Crippen MR) is 40.4 cm³/mol. The second-order valence-electron chi connectivity index (χ2n) is 2.55. The molecule has 1 heterocycles. The van der Waals surface area contributed by atoms with Gasteiger partial charge in [-0.3, -0.25) is 10.2 Å². The zero-order valence-electron chi connectivity index (χ0n) is 6.34. The van der Waals surface area contributed by atoms with E-state index in [9.17, 15) is 4.79 Å². The Labute approximate surface area is 66.0 Å². The van der Waals surface area contributed by atoms with Crippen molar-refractivity contribution in [2.45, 2.75) is 12.8 Å². The largest absolute Gasteiger partial charge is 0.314 e. The Kier molecular flexibility index (Phi) is 2.87. The molecule has 1 fully saturated rings. The van der Waals surface area contributed by atoms with Gasteiger partial charge in [0.05, 0.1) is 0 Å². The molecule has 1 aliphatic heterocycles. The molecule has 0 saturated carbocycles. The van der Waals surface area contributed by atoms with Gasteiger partial charge >= 0.3 is 5.91 Å². The molecular weight excluding hydrogens is 142 g/mol. The number of carbonyl (C=O) groups is 1. The van der Waals surface area contributed by atoms with Crippen molar-refractivity contribution >= 4 is 5.91 Å². The summed E-state index contributed by atoms with van der Waals surface area (Å²) in [6.45, 7) is 8.23. The third-order valence-corrected chi connectivity index (χ3v) is 1.61. The maximum absolute atomic E-state index is 10.8. The molecule has 0 aliphatic carbocycles. The summed E-state index contributed by atoms with van der Waals surface area (Å²) < 4.78 is 0. The highest BCUT2D eigenvalue weighted by atomic mass is 16.2. The van der Waals surface area contributed by atoms with Crippen LogP contribution in [0.3, 0.4) is 0 Å². The molecule has 1 amide bonds. The van der Waals surface area contributed by atoms with E-state index < -0.39 is 0 Å². The van der Waals surface area contributed by atoms with Crippen molar-refractivity contribution in [1.82, 2.24) is 10.4 Å². The van der Waals surface area contributed by atoms with Crippen LogP contribution in [0.15, 0.2) is 0 Å². The van der Waals surface area contributed by atoms with E-state index in [1.54, 1.807) is 0 Å². The van der Waals surface area contributed by atoms with Crippen LogP contribution in [-0.4, -0.2) is 30.6 Å². The summed E-state index contributed by atoms with van der Waals surface area (Å²) in [6, 6.07) is 0. The van der Waals surface area contributed by atoms with E-state index >= 15 is 0 Å². The second-order valence-corrected chi connectivity index (χ2v) is 2.55. The highest BCUT2D eigenvalue weighted by Gasteiger charge is 2.14. The van der Waals surface area contributed by atoms with E-state index in [4.69, 9.17) is 6.57 Å². The number of rotatable bonds is 2. The fraction of sp³-hybridized carbons (Fsp3) is 0.714. The third-order valence-electron chi connectivity index (χ3n) is 1.61. The second kappa shape index (κ2) is 3.94. The summed E-state index contributed by atoms with van der Waals surface area (Å²) in [6.07, 6.45) is 2.27. The number of carbonyl (C=O) groups excluding carboxylic acids is 1. The lowest BCUT2D eigenvalue weighted by Gasteiger charge is -2.13. The van der Waals surface area contributed by atoms with Crippen LogP contribution < -0.4 is 5.43 Å². The minimum atomic E-state index is -0.193. The van der Waals surface area contributed by atoms with Crippen LogP contribution in [0.2, 0.25) is 0 Å². The molecule has 0 bridgehead atoms. The molecule has 60 valence electrons. The highest BCUT2D eigenvalue weighted by Crippen LogP contribution is 2.02. The number of nitrogens with one attached hydrogen (secondary N) is 1. The Morgan fingerprint density at radius 2 is 2.18 bits per heavy atom. The number of hydrogen-bond donors (Lipinski definition) is 1. The zero-order chi connectivity index (χ0) is 8.10. The minimum Gasteiger partial charge on any atom is -0.306 e. The molecule has 0 unspecified atom stereocenters. The normalized spacial score (nSPS) is 17.7. The van der Waals surface area contributed by atoms with Crippen molar-refractivity contribution in [3.8, 4) is 0 Å². The molecule has 11 heavy (non-hydrogen) atoms. The molecule has 0 atom stereocenters. The first-order valence-electron chi connectivity index (χ1n) is 3.70. The van der Waals surface area contributed by atoms with Crippen LogP contribution in [0.5, 0.6) is 0 Å². The van der Waals surface area contributed by atoms with E-state index in [0.29, 0.717) is 0 Å². The molecule has 1 N–H and O–H groups in total. The van der Waals surface area contributed by atoms with Crippen LogP contribution in [0.25, 0.3) is 4.85 Å². The SMILES string of the molecule is [C-]#[N+]CC(=O)NN1CCCC1. The summed E-state index contributed by atoms with van der Waals surface area (Å²) in [5, 5.41) is 1.87. The molecule has 0 aromatic rings. The average Bonchev–Trinajstić information content (AvgIpc) is 2.40. The maximum atomic E-state index is 10.8. The molecule has 0 spiro atoms. The van der Waals surface area contributed by atoms with Gasteiger partial charge in [-0.15, -0.1) is 0 Å². The third kappa shape index (κ3) is 2.56. The van der Waals surface area contributed by atoms with Gasteiger partial charge in [-0.05, 0) is 12.8 Å². The smallest absolute Gasteiger partial charge is 0.306 e. The molecule has 0 radical (unpaired) electrons. The fourth-order valence-corrected chi connectivity index (χ4v) is 1.11. The van der Waals surface area contributed by atoms with Crippen molar-refractivity contribution in [2.24, 2.45) is 0 Å². The highest BCUT2D eigenvalue weighted by molar-refractivity contribution is 5.78. The number of hydrazine groups is 1. The van der Waals surface area contributed by atoms with E-state index in [1.165, 1.54) is 0 Å². The van der Waals surface area contributed by atoms with Gasteiger partial charge in [-0.2, -0.15) is 0 Å². The van der Waals surface area contributed by atoms with Crippen molar-refractivity contribution < 1.29 is 4.79 Å². The van der Waals surface area contributed by atoms with Gasteiger partial charge in [0.1, 0.15) is 0 Å². The first kappa shape index (κ1) is 8.02. The lowest BCUT2D eigenvalue weighted by molar-refractivity contribution is -0.123. The minimum absolute atomic E-state index is 0.0590. The van der Waals surface area contributed by atoms with Gasteiger partial charge in [-0.1, -0.05) is 0 Å². The molecule has 1 rings (SSSR count). The summed E-state index contributed by atoms with van der Waals surface area (Å²) >= 11 is 0. The van der Waals surface area contributed by atoms with Gasteiger partial charge in [0.15, 0.2) is 0 Å². The lowest BCUT2D eigenvalue weighted by atomic mass is 10.4. The first-order chi connectivity index (χ1) is 5.33. The van der Waals surface area contributed by atoms with Crippen LogP contribution >= 0.6 is 0 Å². The fourth-order valence-electron chi connectivity index (χ4n) is 1.11. The molecule has 4 nitrogen and oxygen atoms in total. The van der Waals surface area contributed by atoms with Crippen LogP contribution in [0, 0.1) is 6.57 Å². The van der Waals surface area contributed by atoms with E-state index in [1.807, 2.05) is 5.01 Å². The van der Waals surface area contributed by atoms with Crippen LogP contribution in [0.4, 0.5) is 0 Å². The lowest BCUT2D eigenvalue weighted by Crippen LogP contribution is -2.40. The van der Waals surface area contributed by atoms with Gasteiger partial charge in [0.2, 0.25) is 0 Å². The zero-order valence-corrected chi connectivity index (χ0v) is 6.34. The van der Waals surface area contributed by atoms with Crippen molar-refractivity contribution in [1.29, 1.82) is 0 Å². The van der Waals surface area contributed by atoms with Gasteiger partial charge < -0.3 is 4.85 Å². The first-order valence-corrected chi connectivity index (χ1v) is 3.70. The molecular formula is C7H11N3O. The van der Waals surface area contributed by atoms with Gasteiger partial charge in [-0.25, -0.2) is 11.6 Å². The topological polar surface area (TPSA) is 36.7 Å². The summed E-state index contributed by atoms with van der Waals surface area (Å²) in [7, 11) is 0. The van der Waals surface area contributed by atoms with Crippen LogP contribution in [0.1, 0.15) is 12.8 Å².